The molecule has 0 spiro atoms. The number of hydrogen-bond donors (Lipinski definition) is 1. The van der Waals surface area contributed by atoms with E-state index in [1.54, 1.807) is 18.2 Å². The second-order valence-electron chi connectivity index (χ2n) is 6.62. The highest BCUT2D eigenvalue weighted by atomic mass is 35.5. The van der Waals surface area contributed by atoms with E-state index in [2.05, 4.69) is 58.5 Å². The fraction of sp³-hybridized carbons (Fsp3) is 0.318. The second-order valence-corrected chi connectivity index (χ2v) is 8.00. The summed E-state index contributed by atoms with van der Waals surface area (Å²) in [5.74, 6) is 0.935. The maximum atomic E-state index is 12.3. The number of rotatable bonds is 9. The van der Waals surface area contributed by atoms with E-state index < -0.39 is 0 Å². The number of carbonyl (C=O) groups is 1. The molecule has 3 rings (SSSR count). The third-order valence-corrected chi connectivity index (χ3v) is 5.93. The Bertz CT molecular complexity index is 985. The number of anilines is 2. The predicted molar refractivity (Wildman–Crippen MR) is 125 cm³/mol. The molecule has 6 nitrogen and oxygen atoms in total. The lowest BCUT2D eigenvalue weighted by Gasteiger charge is -2.21. The van der Waals surface area contributed by atoms with Gasteiger partial charge in [-0.1, -0.05) is 29.4 Å². The molecular weight excluding hydrogens is 418 g/mol. The molecule has 0 unspecified atom stereocenters. The number of amides is 1. The van der Waals surface area contributed by atoms with Crippen molar-refractivity contribution < 1.29 is 4.79 Å². The van der Waals surface area contributed by atoms with Crippen LogP contribution < -0.4 is 10.2 Å². The highest BCUT2D eigenvalue weighted by Gasteiger charge is 2.15. The van der Waals surface area contributed by atoms with Gasteiger partial charge < -0.3 is 14.8 Å². The molecule has 1 amide bonds. The van der Waals surface area contributed by atoms with E-state index >= 15 is 0 Å². The first-order chi connectivity index (χ1) is 14.5. The minimum atomic E-state index is -0.113. The smallest absolute Gasteiger partial charge is 0.234 e. The van der Waals surface area contributed by atoms with Crippen LogP contribution in [0.4, 0.5) is 11.4 Å². The molecule has 0 aliphatic carbocycles. The third kappa shape index (κ3) is 5.34. The zero-order valence-electron chi connectivity index (χ0n) is 17.4. The molecule has 8 heteroatoms. The Hall–Kier alpha value is -2.51. The van der Waals surface area contributed by atoms with Gasteiger partial charge >= 0.3 is 0 Å². The molecule has 3 aromatic rings. The van der Waals surface area contributed by atoms with Crippen molar-refractivity contribution in [3.05, 3.63) is 53.6 Å². The van der Waals surface area contributed by atoms with E-state index in [1.165, 1.54) is 17.4 Å². The van der Waals surface area contributed by atoms with Crippen molar-refractivity contribution in [2.75, 3.05) is 29.1 Å². The van der Waals surface area contributed by atoms with Crippen LogP contribution in [-0.2, 0) is 11.3 Å². The summed E-state index contributed by atoms with van der Waals surface area (Å²) in [4.78, 5) is 14.6. The first-order valence-corrected chi connectivity index (χ1v) is 11.4. The minimum Gasteiger partial charge on any atom is -0.372 e. The van der Waals surface area contributed by atoms with Gasteiger partial charge in [0.05, 0.1) is 5.75 Å². The van der Waals surface area contributed by atoms with Gasteiger partial charge in [0.25, 0.3) is 0 Å². The van der Waals surface area contributed by atoms with Crippen molar-refractivity contribution in [1.82, 2.24) is 14.8 Å². The van der Waals surface area contributed by atoms with Crippen LogP contribution >= 0.6 is 23.4 Å². The van der Waals surface area contributed by atoms with Crippen molar-refractivity contribution in [1.29, 1.82) is 0 Å². The second kappa shape index (κ2) is 10.5. The zero-order chi connectivity index (χ0) is 21.5. The summed E-state index contributed by atoms with van der Waals surface area (Å²) in [7, 11) is 0. The van der Waals surface area contributed by atoms with Crippen LogP contribution in [0.15, 0.2) is 53.7 Å². The zero-order valence-corrected chi connectivity index (χ0v) is 19.0. The van der Waals surface area contributed by atoms with Crippen molar-refractivity contribution >= 4 is 40.6 Å². The van der Waals surface area contributed by atoms with E-state index in [0.29, 0.717) is 10.7 Å². The minimum absolute atomic E-state index is 0.113. The molecule has 0 aliphatic rings. The lowest BCUT2D eigenvalue weighted by Crippen LogP contribution is -2.21. The molecule has 0 saturated heterocycles. The van der Waals surface area contributed by atoms with Crippen LogP contribution in [0.25, 0.3) is 11.4 Å². The fourth-order valence-corrected chi connectivity index (χ4v) is 4.19. The largest absolute Gasteiger partial charge is 0.372 e. The Morgan fingerprint density at radius 1 is 1.10 bits per heavy atom. The van der Waals surface area contributed by atoms with Crippen molar-refractivity contribution in [2.45, 2.75) is 32.5 Å². The van der Waals surface area contributed by atoms with Crippen LogP contribution in [0.5, 0.6) is 0 Å². The van der Waals surface area contributed by atoms with Gasteiger partial charge in [0.1, 0.15) is 0 Å². The predicted octanol–water partition coefficient (Wildman–Crippen LogP) is 5.20. The molecule has 30 heavy (non-hydrogen) atoms. The summed E-state index contributed by atoms with van der Waals surface area (Å²) in [6, 6.07) is 15.5. The van der Waals surface area contributed by atoms with Crippen LogP contribution in [0.3, 0.4) is 0 Å². The summed E-state index contributed by atoms with van der Waals surface area (Å²) < 4.78 is 2.03. The summed E-state index contributed by atoms with van der Waals surface area (Å²) in [6.45, 7) is 9.01. The highest BCUT2D eigenvalue weighted by Crippen LogP contribution is 2.26. The molecule has 0 radical (unpaired) electrons. The summed E-state index contributed by atoms with van der Waals surface area (Å²) in [6.07, 6.45) is 0. The van der Waals surface area contributed by atoms with Crippen LogP contribution in [0, 0.1) is 0 Å². The van der Waals surface area contributed by atoms with Crippen LogP contribution in [0.1, 0.15) is 20.8 Å². The van der Waals surface area contributed by atoms with Gasteiger partial charge in [-0.15, -0.1) is 10.2 Å². The van der Waals surface area contributed by atoms with Crippen LogP contribution in [0.2, 0.25) is 5.02 Å². The molecule has 1 N–H and O–H groups in total. The number of halogens is 1. The molecule has 0 aliphatic heterocycles. The molecule has 1 heterocycles. The topological polar surface area (TPSA) is 63.1 Å². The van der Waals surface area contributed by atoms with Gasteiger partial charge in [-0.25, -0.2) is 0 Å². The Labute approximate surface area is 186 Å². The van der Waals surface area contributed by atoms with Crippen LogP contribution in [-0.4, -0.2) is 39.5 Å². The van der Waals surface area contributed by atoms with Gasteiger partial charge in [-0.3, -0.25) is 4.79 Å². The normalized spacial score (nSPS) is 10.8. The number of aromatic nitrogens is 3. The van der Waals surface area contributed by atoms with Gasteiger partial charge in [0, 0.05) is 41.6 Å². The maximum Gasteiger partial charge on any atom is 0.234 e. The first-order valence-electron chi connectivity index (χ1n) is 10.0. The van der Waals surface area contributed by atoms with Crippen molar-refractivity contribution in [3.63, 3.8) is 0 Å². The van der Waals surface area contributed by atoms with Crippen molar-refractivity contribution in [3.8, 4) is 11.4 Å². The Morgan fingerprint density at radius 3 is 2.47 bits per heavy atom. The molecule has 1 aromatic heterocycles. The molecular formula is C22H26ClN5OS. The van der Waals surface area contributed by atoms with Gasteiger partial charge in [-0.05, 0) is 63.2 Å². The monoisotopic (exact) mass is 443 g/mol. The molecule has 0 atom stereocenters. The molecule has 0 bridgehead atoms. The number of benzene rings is 2. The number of thioether (sulfide) groups is 1. The molecule has 2 aromatic carbocycles. The lowest BCUT2D eigenvalue weighted by atomic mass is 10.2. The standard InChI is InChI=1S/C22H26ClN5OS/c1-4-27(5-2)19-12-10-16(11-13-19)21-25-26-22(28(21)6-3)30-15-20(29)24-18-9-7-8-17(23)14-18/h7-14H,4-6,15H2,1-3H3,(H,24,29). The average molecular weight is 444 g/mol. The van der Waals surface area contributed by atoms with E-state index in [1.807, 2.05) is 17.6 Å². The number of hydrogen-bond acceptors (Lipinski definition) is 5. The number of nitrogens with zero attached hydrogens (tertiary/aromatic N) is 4. The molecule has 0 fully saturated rings. The summed E-state index contributed by atoms with van der Waals surface area (Å²) in [5.41, 5.74) is 2.88. The Morgan fingerprint density at radius 2 is 1.83 bits per heavy atom. The average Bonchev–Trinajstić information content (AvgIpc) is 3.16. The molecule has 0 saturated carbocycles. The fourth-order valence-electron chi connectivity index (χ4n) is 3.20. The lowest BCUT2D eigenvalue weighted by molar-refractivity contribution is -0.113. The van der Waals surface area contributed by atoms with E-state index in [9.17, 15) is 4.79 Å². The van der Waals surface area contributed by atoms with E-state index in [4.69, 9.17) is 11.6 Å². The van der Waals surface area contributed by atoms with E-state index in [0.717, 1.165) is 36.2 Å². The quantitative estimate of drug-likeness (QED) is 0.461. The van der Waals surface area contributed by atoms with Gasteiger partial charge in [-0.2, -0.15) is 0 Å². The van der Waals surface area contributed by atoms with E-state index in [-0.39, 0.29) is 11.7 Å². The Balaban J connectivity index is 1.69. The summed E-state index contributed by atoms with van der Waals surface area (Å²) >= 11 is 7.33. The third-order valence-electron chi connectivity index (χ3n) is 4.73. The number of nitrogens with one attached hydrogen (secondary N) is 1. The summed E-state index contributed by atoms with van der Waals surface area (Å²) in [5, 5.41) is 12.8. The number of carbonyl (C=O) groups excluding carboxylic acids is 1. The van der Waals surface area contributed by atoms with Gasteiger partial charge in [0.2, 0.25) is 5.91 Å². The highest BCUT2D eigenvalue weighted by molar-refractivity contribution is 7.99. The van der Waals surface area contributed by atoms with Gasteiger partial charge in [0.15, 0.2) is 11.0 Å². The first kappa shape index (κ1) is 22.2. The van der Waals surface area contributed by atoms with Crippen molar-refractivity contribution in [2.24, 2.45) is 0 Å². The Kier molecular flexibility index (Phi) is 7.76. The molecule has 158 valence electrons. The maximum absolute atomic E-state index is 12.3. The SMILES string of the molecule is CCN(CC)c1ccc(-c2nnc(SCC(=O)Nc3cccc(Cl)c3)n2CC)cc1.